The summed E-state index contributed by atoms with van der Waals surface area (Å²) in [6, 6.07) is 10.9. The maximum absolute atomic E-state index is 12.4. The van der Waals surface area contributed by atoms with Gasteiger partial charge < -0.3 is 4.90 Å². The van der Waals surface area contributed by atoms with Crippen molar-refractivity contribution in [1.82, 2.24) is 4.68 Å². The topological polar surface area (TPSA) is 78.5 Å². The summed E-state index contributed by atoms with van der Waals surface area (Å²) in [5, 5.41) is 13.4. The van der Waals surface area contributed by atoms with E-state index in [2.05, 4.69) is 5.10 Å². The van der Waals surface area contributed by atoms with E-state index < -0.39 is 5.56 Å². The fourth-order valence-electron chi connectivity index (χ4n) is 2.69. The molecule has 3 rings (SSSR count). The molecule has 23 heavy (non-hydrogen) atoms. The van der Waals surface area contributed by atoms with E-state index in [1.807, 2.05) is 24.3 Å². The van der Waals surface area contributed by atoms with E-state index in [0.29, 0.717) is 16.8 Å². The van der Waals surface area contributed by atoms with Gasteiger partial charge in [-0.15, -0.1) is 0 Å². The fourth-order valence-corrected chi connectivity index (χ4v) is 2.69. The molecule has 1 aliphatic rings. The summed E-state index contributed by atoms with van der Waals surface area (Å²) in [6.45, 7) is 3.42. The number of likely N-dealkylation sites (N-methyl/N-ethyl adjacent to an activating group) is 1. The molecule has 0 radical (unpaired) electrons. The summed E-state index contributed by atoms with van der Waals surface area (Å²) >= 11 is 0. The van der Waals surface area contributed by atoms with Crippen molar-refractivity contribution in [2.24, 2.45) is 5.10 Å². The Balaban J connectivity index is 2.27. The number of aryl methyl sites for hydroxylation is 2. The first-order valence-corrected chi connectivity index (χ1v) is 7.05. The van der Waals surface area contributed by atoms with Crippen molar-refractivity contribution < 1.29 is 4.79 Å². The number of benzene rings is 1. The van der Waals surface area contributed by atoms with Crippen LogP contribution in [-0.4, -0.2) is 23.3 Å². The predicted octanol–water partition coefficient (Wildman–Crippen LogP) is 1.57. The molecule has 0 unspecified atom stereocenters. The summed E-state index contributed by atoms with van der Waals surface area (Å²) < 4.78 is 1.12. The molecular formula is C17H14N4O2. The maximum atomic E-state index is 12.4. The predicted molar refractivity (Wildman–Crippen MR) is 86.7 cm³/mol. The zero-order valence-electron chi connectivity index (χ0n) is 13.0. The van der Waals surface area contributed by atoms with Gasteiger partial charge in [0.15, 0.2) is 5.71 Å². The molecule has 0 spiro atoms. The van der Waals surface area contributed by atoms with Crippen LogP contribution >= 0.6 is 0 Å². The van der Waals surface area contributed by atoms with E-state index in [1.165, 1.54) is 4.90 Å². The lowest BCUT2D eigenvalue weighted by molar-refractivity contribution is -0.112. The van der Waals surface area contributed by atoms with Gasteiger partial charge in [0.1, 0.15) is 11.6 Å². The molecule has 6 nitrogen and oxygen atoms in total. The highest BCUT2D eigenvalue weighted by molar-refractivity contribution is 6.54. The number of nitrogens with zero attached hydrogens (tertiary/aromatic N) is 4. The highest BCUT2D eigenvalue weighted by Crippen LogP contribution is 2.27. The van der Waals surface area contributed by atoms with Gasteiger partial charge >= 0.3 is 0 Å². The number of pyridine rings is 1. The van der Waals surface area contributed by atoms with Crippen molar-refractivity contribution in [1.29, 1.82) is 5.26 Å². The zero-order chi connectivity index (χ0) is 16.7. The van der Waals surface area contributed by atoms with Crippen molar-refractivity contribution in [3.05, 3.63) is 63.1 Å². The second-order valence-electron chi connectivity index (χ2n) is 5.40. The Bertz CT molecular complexity index is 964. The van der Waals surface area contributed by atoms with Crippen LogP contribution in [0.2, 0.25) is 0 Å². The first-order valence-electron chi connectivity index (χ1n) is 7.05. The SMILES string of the molecule is Cc1cc(C)n(/N=C2/C(=O)N(C)c3ccccc32)c(=O)c1C#N. The first-order chi connectivity index (χ1) is 11.0. The fraction of sp³-hybridized carbons (Fsp3) is 0.176. The Morgan fingerprint density at radius 3 is 2.57 bits per heavy atom. The number of carbonyl (C=O) groups is 1. The van der Waals surface area contributed by atoms with Gasteiger partial charge in [-0.3, -0.25) is 9.59 Å². The minimum absolute atomic E-state index is 0.0343. The van der Waals surface area contributed by atoms with E-state index in [-0.39, 0.29) is 17.2 Å². The number of fused-ring (bicyclic) bond motifs is 1. The van der Waals surface area contributed by atoms with E-state index in [9.17, 15) is 9.59 Å². The summed E-state index contributed by atoms with van der Waals surface area (Å²) in [5.41, 5.74) is 2.30. The first kappa shape index (κ1) is 14.7. The quantitative estimate of drug-likeness (QED) is 0.802. The van der Waals surface area contributed by atoms with Crippen LogP contribution < -0.4 is 10.5 Å². The van der Waals surface area contributed by atoms with Crippen LogP contribution in [0.5, 0.6) is 0 Å². The monoisotopic (exact) mass is 306 g/mol. The molecule has 1 aromatic carbocycles. The molecule has 114 valence electrons. The minimum atomic E-state index is -0.516. The van der Waals surface area contributed by atoms with Crippen molar-refractivity contribution >= 4 is 17.3 Å². The van der Waals surface area contributed by atoms with Crippen LogP contribution in [0.3, 0.4) is 0 Å². The smallest absolute Gasteiger partial charge is 0.289 e. The molecule has 0 bridgehead atoms. The molecule has 0 N–H and O–H groups in total. The number of rotatable bonds is 1. The van der Waals surface area contributed by atoms with Gasteiger partial charge in [-0.25, -0.2) is 0 Å². The van der Waals surface area contributed by atoms with Crippen LogP contribution in [0.1, 0.15) is 22.4 Å². The largest absolute Gasteiger partial charge is 0.309 e. The molecule has 0 atom stereocenters. The maximum Gasteiger partial charge on any atom is 0.289 e. The second kappa shape index (κ2) is 5.21. The number of hydrogen-bond acceptors (Lipinski definition) is 4. The Morgan fingerprint density at radius 1 is 1.17 bits per heavy atom. The molecule has 1 aliphatic heterocycles. The second-order valence-corrected chi connectivity index (χ2v) is 5.40. The van der Waals surface area contributed by atoms with Crippen LogP contribution in [0.4, 0.5) is 5.69 Å². The van der Waals surface area contributed by atoms with Crippen LogP contribution in [0.15, 0.2) is 40.2 Å². The van der Waals surface area contributed by atoms with Gasteiger partial charge in [0.25, 0.3) is 11.5 Å². The highest BCUT2D eigenvalue weighted by atomic mass is 16.2. The molecule has 2 aromatic rings. The number of carbonyl (C=O) groups excluding carboxylic acids is 1. The molecule has 1 aromatic heterocycles. The van der Waals surface area contributed by atoms with E-state index in [4.69, 9.17) is 5.26 Å². The third-order valence-electron chi connectivity index (χ3n) is 3.90. The van der Waals surface area contributed by atoms with Crippen LogP contribution in [-0.2, 0) is 4.79 Å². The molecule has 0 saturated heterocycles. The van der Waals surface area contributed by atoms with E-state index in [1.54, 1.807) is 33.0 Å². The Labute approximate surface area is 132 Å². The van der Waals surface area contributed by atoms with Gasteiger partial charge in [-0.05, 0) is 31.5 Å². The highest BCUT2D eigenvalue weighted by Gasteiger charge is 2.31. The standard InChI is InChI=1S/C17H14N4O2/c1-10-8-11(2)21(16(22)13(10)9-18)19-15-12-6-4-5-7-14(12)20(3)17(15)23/h4-8H,1-3H3/b19-15+. The number of para-hydroxylation sites is 1. The van der Waals surface area contributed by atoms with Crippen LogP contribution in [0.25, 0.3) is 0 Å². The van der Waals surface area contributed by atoms with Gasteiger partial charge in [-0.2, -0.15) is 15.0 Å². The Hall–Kier alpha value is -3.20. The van der Waals surface area contributed by atoms with Crippen molar-refractivity contribution in [2.45, 2.75) is 13.8 Å². The lowest BCUT2D eigenvalue weighted by Gasteiger charge is -2.08. The van der Waals surface area contributed by atoms with Gasteiger partial charge in [0.05, 0.1) is 5.69 Å². The number of amides is 1. The third kappa shape index (κ3) is 2.14. The number of nitriles is 1. The third-order valence-corrected chi connectivity index (χ3v) is 3.90. The van der Waals surface area contributed by atoms with Crippen molar-refractivity contribution in [2.75, 3.05) is 11.9 Å². The summed E-state index contributed by atoms with van der Waals surface area (Å²) in [5.74, 6) is -0.281. The average Bonchev–Trinajstić information content (AvgIpc) is 2.76. The number of anilines is 1. The van der Waals surface area contributed by atoms with E-state index in [0.717, 1.165) is 10.4 Å². The van der Waals surface area contributed by atoms with Crippen molar-refractivity contribution in [3.63, 3.8) is 0 Å². The number of hydrogen-bond donors (Lipinski definition) is 0. The average molecular weight is 306 g/mol. The molecule has 1 amide bonds. The van der Waals surface area contributed by atoms with Gasteiger partial charge in [0.2, 0.25) is 0 Å². The normalized spacial score (nSPS) is 15.0. The summed E-state index contributed by atoms with van der Waals surface area (Å²) in [7, 11) is 1.66. The molecule has 0 fully saturated rings. The number of aromatic nitrogens is 1. The summed E-state index contributed by atoms with van der Waals surface area (Å²) in [6.07, 6.45) is 0. The van der Waals surface area contributed by atoms with Crippen molar-refractivity contribution in [3.8, 4) is 6.07 Å². The lowest BCUT2D eigenvalue weighted by Crippen LogP contribution is -2.29. The molecule has 6 heteroatoms. The molecule has 2 heterocycles. The Morgan fingerprint density at radius 2 is 1.87 bits per heavy atom. The Kier molecular flexibility index (Phi) is 3.34. The van der Waals surface area contributed by atoms with E-state index >= 15 is 0 Å². The van der Waals surface area contributed by atoms with Gasteiger partial charge in [-0.1, -0.05) is 18.2 Å². The molecule has 0 aliphatic carbocycles. The zero-order valence-corrected chi connectivity index (χ0v) is 13.0. The molecule has 0 saturated carbocycles. The molecular weight excluding hydrogens is 292 g/mol. The van der Waals surface area contributed by atoms with Crippen LogP contribution in [0, 0.1) is 25.2 Å². The van der Waals surface area contributed by atoms with Gasteiger partial charge in [0, 0.05) is 18.3 Å². The minimum Gasteiger partial charge on any atom is -0.309 e. The summed E-state index contributed by atoms with van der Waals surface area (Å²) in [4.78, 5) is 26.4. The lowest BCUT2D eigenvalue weighted by atomic mass is 10.1.